The van der Waals surface area contributed by atoms with Crippen molar-refractivity contribution in [3.8, 4) is 73.2 Å². The van der Waals surface area contributed by atoms with Crippen LogP contribution in [0.4, 0.5) is 0 Å². The molecule has 0 atom stereocenters. The Bertz CT molecular complexity index is 3600. The van der Waals surface area contributed by atoms with E-state index in [1.807, 2.05) is 54.6 Å². The standard InChI is InChI=1S/C57H36N4O/c1-5-16-37(17-6-1)43-35-47(39-18-7-2-8-19-39)54-49(36-43)53-46(25-15-27-52(53)62-54)57-59-55(40-20-9-3-10-21-40)58-56(60-57)41-30-28-38(29-31-41)42-32-33-51-48(34-42)45-24-13-14-26-50(45)61(51)44-22-11-4-12-23-44/h1-36H. The summed E-state index contributed by atoms with van der Waals surface area (Å²) in [5.74, 6) is 1.79. The molecule has 0 aliphatic rings. The van der Waals surface area contributed by atoms with Crippen LogP contribution in [0.2, 0.25) is 0 Å². The molecule has 0 aliphatic heterocycles. The largest absolute Gasteiger partial charge is 0.455 e. The third kappa shape index (κ3) is 6.06. The van der Waals surface area contributed by atoms with E-state index in [-0.39, 0.29) is 0 Å². The highest BCUT2D eigenvalue weighted by molar-refractivity contribution is 6.16. The molecule has 62 heavy (non-hydrogen) atoms. The van der Waals surface area contributed by atoms with Gasteiger partial charge in [0.05, 0.1) is 11.0 Å². The van der Waals surface area contributed by atoms with Gasteiger partial charge < -0.3 is 8.98 Å². The SMILES string of the molecule is c1ccc(-c2cc(-c3ccccc3)c3oc4cccc(-c5nc(-c6ccccc6)nc(-c6ccc(-c7ccc8c(c7)c7ccccc7n8-c7ccccc7)cc6)n5)c4c3c2)cc1. The summed E-state index contributed by atoms with van der Waals surface area (Å²) in [6.45, 7) is 0. The van der Waals surface area contributed by atoms with Crippen LogP contribution in [-0.2, 0) is 0 Å². The van der Waals surface area contributed by atoms with Crippen LogP contribution in [0.15, 0.2) is 223 Å². The molecule has 0 saturated carbocycles. The predicted octanol–water partition coefficient (Wildman–Crippen LogP) is 14.9. The molecule has 0 unspecified atom stereocenters. The van der Waals surface area contributed by atoms with Gasteiger partial charge in [0.1, 0.15) is 11.2 Å². The molecule has 290 valence electrons. The van der Waals surface area contributed by atoms with E-state index in [2.05, 4.69) is 168 Å². The van der Waals surface area contributed by atoms with Crippen molar-refractivity contribution in [3.63, 3.8) is 0 Å². The second kappa shape index (κ2) is 14.7. The lowest BCUT2D eigenvalue weighted by molar-refractivity contribution is 0.670. The minimum absolute atomic E-state index is 0.581. The molecular weight excluding hydrogens is 757 g/mol. The molecule has 0 amide bonds. The summed E-state index contributed by atoms with van der Waals surface area (Å²) in [6.07, 6.45) is 0. The van der Waals surface area contributed by atoms with Gasteiger partial charge in [-0.25, -0.2) is 15.0 Å². The van der Waals surface area contributed by atoms with E-state index in [0.29, 0.717) is 17.5 Å². The van der Waals surface area contributed by atoms with Crippen molar-refractivity contribution in [2.45, 2.75) is 0 Å². The monoisotopic (exact) mass is 792 g/mol. The lowest BCUT2D eigenvalue weighted by Gasteiger charge is -2.11. The molecule has 12 rings (SSSR count). The Morgan fingerprint density at radius 3 is 1.58 bits per heavy atom. The average Bonchev–Trinajstić information content (AvgIpc) is 3.90. The Balaban J connectivity index is 1.00. The lowest BCUT2D eigenvalue weighted by atomic mass is 9.95. The van der Waals surface area contributed by atoms with Crippen molar-refractivity contribution in [1.29, 1.82) is 0 Å². The van der Waals surface area contributed by atoms with Gasteiger partial charge in [-0.2, -0.15) is 0 Å². The molecule has 5 nitrogen and oxygen atoms in total. The Hall–Kier alpha value is -8.41. The first-order valence-electron chi connectivity index (χ1n) is 20.8. The summed E-state index contributed by atoms with van der Waals surface area (Å²) >= 11 is 0. The zero-order chi connectivity index (χ0) is 41.0. The quantitative estimate of drug-likeness (QED) is 0.161. The van der Waals surface area contributed by atoms with Crippen LogP contribution in [0.1, 0.15) is 0 Å². The van der Waals surface area contributed by atoms with Crippen LogP contribution < -0.4 is 0 Å². The van der Waals surface area contributed by atoms with E-state index >= 15 is 0 Å². The van der Waals surface area contributed by atoms with Crippen LogP contribution in [0, 0.1) is 0 Å². The summed E-state index contributed by atoms with van der Waals surface area (Å²) in [5.41, 5.74) is 14.4. The topological polar surface area (TPSA) is 56.7 Å². The number of benzene rings is 9. The van der Waals surface area contributed by atoms with Gasteiger partial charge in [-0.3, -0.25) is 0 Å². The normalized spacial score (nSPS) is 11.5. The minimum atomic E-state index is 0.581. The molecule has 9 aromatic carbocycles. The fraction of sp³-hybridized carbons (Fsp3) is 0. The third-order valence-electron chi connectivity index (χ3n) is 11.9. The minimum Gasteiger partial charge on any atom is -0.455 e. The van der Waals surface area contributed by atoms with E-state index in [9.17, 15) is 0 Å². The van der Waals surface area contributed by atoms with Gasteiger partial charge in [0.15, 0.2) is 17.5 Å². The van der Waals surface area contributed by atoms with Crippen molar-refractivity contribution in [3.05, 3.63) is 218 Å². The summed E-state index contributed by atoms with van der Waals surface area (Å²) in [7, 11) is 0. The molecule has 0 spiro atoms. The fourth-order valence-electron chi connectivity index (χ4n) is 8.91. The van der Waals surface area contributed by atoms with Gasteiger partial charge >= 0.3 is 0 Å². The molecular formula is C57H36N4O. The molecule has 3 aromatic heterocycles. The Labute approximate surface area is 357 Å². The zero-order valence-electron chi connectivity index (χ0n) is 33.5. The zero-order valence-corrected chi connectivity index (χ0v) is 33.5. The number of nitrogens with zero attached hydrogens (tertiary/aromatic N) is 4. The Kier molecular flexibility index (Phi) is 8.42. The van der Waals surface area contributed by atoms with Crippen LogP contribution in [0.3, 0.4) is 0 Å². The Morgan fingerprint density at radius 2 is 0.855 bits per heavy atom. The van der Waals surface area contributed by atoms with Crippen molar-refractivity contribution in [2.24, 2.45) is 0 Å². The molecule has 0 radical (unpaired) electrons. The molecule has 3 heterocycles. The number of aromatic nitrogens is 4. The van der Waals surface area contributed by atoms with Crippen molar-refractivity contribution in [2.75, 3.05) is 0 Å². The van der Waals surface area contributed by atoms with Crippen LogP contribution in [-0.4, -0.2) is 19.5 Å². The molecule has 0 fully saturated rings. The van der Waals surface area contributed by atoms with Crippen molar-refractivity contribution in [1.82, 2.24) is 19.5 Å². The smallest absolute Gasteiger partial charge is 0.164 e. The first-order chi connectivity index (χ1) is 30.7. The van der Waals surface area contributed by atoms with E-state index in [0.717, 1.165) is 77.7 Å². The van der Waals surface area contributed by atoms with Gasteiger partial charge in [-0.15, -0.1) is 0 Å². The van der Waals surface area contributed by atoms with E-state index < -0.39 is 0 Å². The molecule has 0 saturated heterocycles. The highest BCUT2D eigenvalue weighted by Gasteiger charge is 2.21. The third-order valence-corrected chi connectivity index (χ3v) is 11.9. The van der Waals surface area contributed by atoms with Crippen LogP contribution in [0.5, 0.6) is 0 Å². The van der Waals surface area contributed by atoms with Gasteiger partial charge in [-0.05, 0) is 76.3 Å². The van der Waals surface area contributed by atoms with E-state index in [1.54, 1.807) is 0 Å². The molecule has 0 N–H and O–H groups in total. The predicted molar refractivity (Wildman–Crippen MR) is 254 cm³/mol. The van der Waals surface area contributed by atoms with Crippen molar-refractivity contribution < 1.29 is 4.42 Å². The average molecular weight is 793 g/mol. The number of furan rings is 1. The first-order valence-corrected chi connectivity index (χ1v) is 20.8. The molecule has 0 aliphatic carbocycles. The van der Waals surface area contributed by atoms with Gasteiger partial charge in [0.25, 0.3) is 0 Å². The molecule has 5 heteroatoms. The number of hydrogen-bond donors (Lipinski definition) is 0. The van der Waals surface area contributed by atoms with Crippen LogP contribution in [0.25, 0.3) is 117 Å². The summed E-state index contributed by atoms with van der Waals surface area (Å²) < 4.78 is 9.12. The van der Waals surface area contributed by atoms with Gasteiger partial charge in [-0.1, -0.05) is 170 Å². The number of fused-ring (bicyclic) bond motifs is 6. The Morgan fingerprint density at radius 1 is 0.323 bits per heavy atom. The van der Waals surface area contributed by atoms with Crippen molar-refractivity contribution >= 4 is 43.7 Å². The second-order valence-corrected chi connectivity index (χ2v) is 15.6. The fourth-order valence-corrected chi connectivity index (χ4v) is 8.91. The van der Waals surface area contributed by atoms with Crippen LogP contribution >= 0.6 is 0 Å². The first kappa shape index (κ1) is 35.5. The lowest BCUT2D eigenvalue weighted by Crippen LogP contribution is -2.00. The summed E-state index contributed by atoms with van der Waals surface area (Å²) in [5, 5.41) is 4.41. The number of para-hydroxylation sites is 2. The van der Waals surface area contributed by atoms with E-state index in [1.165, 1.54) is 21.8 Å². The maximum absolute atomic E-state index is 6.78. The number of hydrogen-bond acceptors (Lipinski definition) is 4. The van der Waals surface area contributed by atoms with Gasteiger partial charge in [0.2, 0.25) is 0 Å². The van der Waals surface area contributed by atoms with Gasteiger partial charge in [0, 0.05) is 49.5 Å². The molecule has 12 aromatic rings. The maximum Gasteiger partial charge on any atom is 0.164 e. The van der Waals surface area contributed by atoms with E-state index in [4.69, 9.17) is 19.4 Å². The highest BCUT2D eigenvalue weighted by atomic mass is 16.3. The maximum atomic E-state index is 6.78. The summed E-state index contributed by atoms with van der Waals surface area (Å²) in [4.78, 5) is 15.5. The summed E-state index contributed by atoms with van der Waals surface area (Å²) in [6, 6.07) is 76.2. The molecule has 0 bridgehead atoms. The second-order valence-electron chi connectivity index (χ2n) is 15.6. The number of rotatable bonds is 7. The highest BCUT2D eigenvalue weighted by Crippen LogP contribution is 2.43.